The number of pyridine rings is 1. The number of hydrogen-bond acceptors (Lipinski definition) is 4. The molecule has 0 aliphatic rings. The van der Waals surface area contributed by atoms with Gasteiger partial charge in [0.2, 0.25) is 0 Å². The number of esters is 1. The Morgan fingerprint density at radius 2 is 1.81 bits per heavy atom. The highest BCUT2D eigenvalue weighted by molar-refractivity contribution is 6.33. The molecule has 5 nitrogen and oxygen atoms in total. The van der Waals surface area contributed by atoms with Crippen LogP contribution in [0.3, 0.4) is 0 Å². The topological polar surface area (TPSA) is 68.3 Å². The number of nitrogens with zero attached hydrogens (tertiary/aromatic N) is 1. The lowest BCUT2D eigenvalue weighted by atomic mass is 10.2. The van der Waals surface area contributed by atoms with Crippen LogP contribution < -0.4 is 5.32 Å². The first kappa shape index (κ1) is 18.6. The van der Waals surface area contributed by atoms with Gasteiger partial charge in [0.1, 0.15) is 0 Å². The van der Waals surface area contributed by atoms with Crippen molar-refractivity contribution in [3.8, 4) is 0 Å². The molecule has 1 N–H and O–H groups in total. The predicted molar refractivity (Wildman–Crippen MR) is 106 cm³/mol. The summed E-state index contributed by atoms with van der Waals surface area (Å²) >= 11 is 6.00. The second-order valence-corrected chi connectivity index (χ2v) is 6.22. The van der Waals surface area contributed by atoms with Crippen molar-refractivity contribution in [2.75, 3.05) is 5.32 Å². The van der Waals surface area contributed by atoms with E-state index in [0.717, 1.165) is 10.9 Å². The summed E-state index contributed by atoms with van der Waals surface area (Å²) < 4.78 is 5.12. The molecule has 0 bridgehead atoms. The highest BCUT2D eigenvalue weighted by Crippen LogP contribution is 2.20. The number of hydrogen-bond donors (Lipinski definition) is 1. The predicted octanol–water partition coefficient (Wildman–Crippen LogP) is 4.47. The summed E-state index contributed by atoms with van der Waals surface area (Å²) in [5.74, 6) is -1.10. The number of rotatable bonds is 5. The number of ether oxygens (including phenoxy) is 1. The molecular weight excluding hydrogens is 364 g/mol. The van der Waals surface area contributed by atoms with Gasteiger partial charge in [-0.2, -0.15) is 0 Å². The lowest BCUT2D eigenvalue weighted by Gasteiger charge is -2.13. The Morgan fingerprint density at radius 3 is 2.63 bits per heavy atom. The molecule has 6 heteroatoms. The highest BCUT2D eigenvalue weighted by atomic mass is 35.5. The third kappa shape index (κ3) is 4.92. The number of carbonyl (C=O) groups is 2. The first-order valence-electron chi connectivity index (χ1n) is 8.33. The summed E-state index contributed by atoms with van der Waals surface area (Å²) in [5.41, 5.74) is 1.92. The van der Waals surface area contributed by atoms with E-state index in [1.54, 1.807) is 36.4 Å². The molecule has 0 aliphatic heterocycles. The second-order valence-electron chi connectivity index (χ2n) is 5.81. The van der Waals surface area contributed by atoms with Gasteiger partial charge in [0.15, 0.2) is 6.10 Å². The maximum Gasteiger partial charge on any atom is 0.331 e. The zero-order valence-electron chi connectivity index (χ0n) is 14.6. The minimum atomic E-state index is -0.969. The number of anilines is 1. The molecule has 1 aromatic heterocycles. The summed E-state index contributed by atoms with van der Waals surface area (Å²) in [6, 6.07) is 18.3. The summed E-state index contributed by atoms with van der Waals surface area (Å²) in [6.07, 6.45) is 1.83. The third-order valence-corrected chi connectivity index (χ3v) is 4.13. The molecule has 0 spiro atoms. The van der Waals surface area contributed by atoms with Gasteiger partial charge >= 0.3 is 5.97 Å². The number of fused-ring (bicyclic) bond motifs is 1. The fourth-order valence-electron chi connectivity index (χ4n) is 2.39. The minimum Gasteiger partial charge on any atom is -0.449 e. The zero-order chi connectivity index (χ0) is 19.2. The Balaban J connectivity index is 1.59. The number of aromatic nitrogens is 1. The van der Waals surface area contributed by atoms with Crippen LogP contribution in [0.15, 0.2) is 66.7 Å². The lowest BCUT2D eigenvalue weighted by Crippen LogP contribution is -2.29. The molecule has 0 aliphatic carbocycles. The molecule has 0 saturated carbocycles. The Kier molecular flexibility index (Phi) is 5.84. The SMILES string of the molecule is CC(OC(=O)/C=C/c1ccc2ccccc2n1)C(=O)Nc1ccccc1Cl. The molecule has 3 aromatic rings. The van der Waals surface area contributed by atoms with Gasteiger partial charge in [-0.05, 0) is 37.3 Å². The molecule has 0 radical (unpaired) electrons. The molecule has 0 fully saturated rings. The molecular formula is C21H17ClN2O3. The fraction of sp³-hybridized carbons (Fsp3) is 0.0952. The lowest BCUT2D eigenvalue weighted by molar-refractivity contribution is -0.148. The van der Waals surface area contributed by atoms with E-state index in [1.807, 2.05) is 30.3 Å². The van der Waals surface area contributed by atoms with Crippen molar-refractivity contribution < 1.29 is 14.3 Å². The van der Waals surface area contributed by atoms with Gasteiger partial charge in [-0.1, -0.05) is 48.0 Å². The van der Waals surface area contributed by atoms with Crippen LogP contribution in [-0.2, 0) is 14.3 Å². The van der Waals surface area contributed by atoms with Gasteiger partial charge in [-0.15, -0.1) is 0 Å². The number of halogens is 1. The second kappa shape index (κ2) is 8.47. The average Bonchev–Trinajstić information content (AvgIpc) is 2.68. The number of para-hydroxylation sites is 2. The standard InChI is InChI=1S/C21H17ClN2O3/c1-14(21(26)24-19-9-5-3-7-17(19)22)27-20(25)13-12-16-11-10-15-6-2-4-8-18(15)23-16/h2-14H,1H3,(H,24,26)/b13-12+. The van der Waals surface area contributed by atoms with Crippen molar-refractivity contribution in [1.82, 2.24) is 4.98 Å². The van der Waals surface area contributed by atoms with E-state index in [1.165, 1.54) is 13.0 Å². The summed E-state index contributed by atoms with van der Waals surface area (Å²) in [4.78, 5) is 28.5. The van der Waals surface area contributed by atoms with Gasteiger partial charge < -0.3 is 10.1 Å². The van der Waals surface area contributed by atoms with Crippen molar-refractivity contribution in [1.29, 1.82) is 0 Å². The molecule has 1 heterocycles. The van der Waals surface area contributed by atoms with Gasteiger partial charge in [0.05, 0.1) is 21.9 Å². The number of carbonyl (C=O) groups excluding carboxylic acids is 2. The van der Waals surface area contributed by atoms with E-state index in [-0.39, 0.29) is 0 Å². The van der Waals surface area contributed by atoms with Crippen molar-refractivity contribution >= 4 is 46.1 Å². The van der Waals surface area contributed by atoms with Gasteiger partial charge in [0, 0.05) is 11.5 Å². The fourth-order valence-corrected chi connectivity index (χ4v) is 2.57. The molecule has 1 amide bonds. The van der Waals surface area contributed by atoms with Crippen molar-refractivity contribution in [2.45, 2.75) is 13.0 Å². The van der Waals surface area contributed by atoms with E-state index >= 15 is 0 Å². The van der Waals surface area contributed by atoms with Gasteiger partial charge in [-0.3, -0.25) is 4.79 Å². The summed E-state index contributed by atoms with van der Waals surface area (Å²) in [7, 11) is 0. The van der Waals surface area contributed by atoms with E-state index in [0.29, 0.717) is 16.4 Å². The Bertz CT molecular complexity index is 1020. The number of amides is 1. The van der Waals surface area contributed by atoms with E-state index in [2.05, 4.69) is 10.3 Å². The van der Waals surface area contributed by atoms with Crippen LogP contribution >= 0.6 is 11.6 Å². The molecule has 136 valence electrons. The minimum absolute atomic E-state index is 0.409. The Labute approximate surface area is 161 Å². The highest BCUT2D eigenvalue weighted by Gasteiger charge is 2.17. The number of benzene rings is 2. The first-order valence-corrected chi connectivity index (χ1v) is 8.70. The van der Waals surface area contributed by atoms with E-state index in [4.69, 9.17) is 16.3 Å². The van der Waals surface area contributed by atoms with Crippen LogP contribution in [0.4, 0.5) is 5.69 Å². The molecule has 27 heavy (non-hydrogen) atoms. The van der Waals surface area contributed by atoms with Crippen molar-refractivity contribution in [2.24, 2.45) is 0 Å². The number of nitrogens with one attached hydrogen (secondary N) is 1. The largest absolute Gasteiger partial charge is 0.449 e. The maximum atomic E-state index is 12.1. The normalized spacial score (nSPS) is 12.1. The molecule has 3 rings (SSSR count). The van der Waals surface area contributed by atoms with Crippen molar-refractivity contribution in [3.05, 3.63) is 77.5 Å². The zero-order valence-corrected chi connectivity index (χ0v) is 15.3. The molecule has 1 atom stereocenters. The van der Waals surface area contributed by atoms with Crippen molar-refractivity contribution in [3.63, 3.8) is 0 Å². The summed E-state index contributed by atoms with van der Waals surface area (Å²) in [6.45, 7) is 1.49. The maximum absolute atomic E-state index is 12.1. The smallest absolute Gasteiger partial charge is 0.331 e. The molecule has 2 aromatic carbocycles. The van der Waals surface area contributed by atoms with E-state index in [9.17, 15) is 9.59 Å². The van der Waals surface area contributed by atoms with E-state index < -0.39 is 18.0 Å². The van der Waals surface area contributed by atoms with Crippen LogP contribution in [0.1, 0.15) is 12.6 Å². The van der Waals surface area contributed by atoms with Crippen LogP contribution in [0.25, 0.3) is 17.0 Å². The monoisotopic (exact) mass is 380 g/mol. The van der Waals surface area contributed by atoms with Crippen LogP contribution in [0, 0.1) is 0 Å². The van der Waals surface area contributed by atoms with Gasteiger partial charge in [0.25, 0.3) is 5.91 Å². The Hall–Kier alpha value is -3.18. The Morgan fingerprint density at radius 1 is 1.07 bits per heavy atom. The first-order chi connectivity index (χ1) is 13.0. The molecule has 0 saturated heterocycles. The van der Waals surface area contributed by atoms with Gasteiger partial charge in [-0.25, -0.2) is 9.78 Å². The molecule has 1 unspecified atom stereocenters. The summed E-state index contributed by atoms with van der Waals surface area (Å²) in [5, 5.41) is 4.05. The van der Waals surface area contributed by atoms with Crippen LogP contribution in [0.5, 0.6) is 0 Å². The van der Waals surface area contributed by atoms with Crippen LogP contribution in [-0.4, -0.2) is 23.0 Å². The third-order valence-electron chi connectivity index (χ3n) is 3.80. The average molecular weight is 381 g/mol. The quantitative estimate of drug-likeness (QED) is 0.523. The van der Waals surface area contributed by atoms with Crippen LogP contribution in [0.2, 0.25) is 5.02 Å².